The minimum absolute atomic E-state index is 0.0322. The van der Waals surface area contributed by atoms with Gasteiger partial charge in [-0.2, -0.15) is 0 Å². The number of aryl methyl sites for hydroxylation is 1. The molecule has 9 heteroatoms. The zero-order valence-electron chi connectivity index (χ0n) is 14.4. The van der Waals surface area contributed by atoms with Gasteiger partial charge in [0.15, 0.2) is 5.82 Å². The minimum atomic E-state index is -0.649. The quantitative estimate of drug-likeness (QED) is 0.653. The number of nitrogens with zero attached hydrogens (tertiary/aromatic N) is 5. The van der Waals surface area contributed by atoms with E-state index in [9.17, 15) is 9.18 Å². The summed E-state index contributed by atoms with van der Waals surface area (Å²) in [6, 6.07) is 3.13. The predicted molar refractivity (Wildman–Crippen MR) is 93.6 cm³/mol. The maximum atomic E-state index is 13.5. The zero-order chi connectivity index (χ0) is 18.5. The van der Waals surface area contributed by atoms with Crippen molar-refractivity contribution in [2.75, 3.05) is 18.4 Å². The van der Waals surface area contributed by atoms with Gasteiger partial charge in [-0.25, -0.2) is 19.3 Å². The molecule has 0 spiro atoms. The number of rotatable bonds is 6. The highest BCUT2D eigenvalue weighted by Gasteiger charge is 2.10. The Hall–Kier alpha value is -3.36. The first kappa shape index (κ1) is 17.5. The molecule has 0 unspecified atom stereocenters. The van der Waals surface area contributed by atoms with E-state index >= 15 is 0 Å². The highest BCUT2D eigenvalue weighted by atomic mass is 19.1. The van der Waals surface area contributed by atoms with Crippen LogP contribution in [0.15, 0.2) is 37.2 Å². The molecule has 0 saturated carbocycles. The molecule has 8 nitrogen and oxygen atoms in total. The van der Waals surface area contributed by atoms with Crippen LogP contribution < -0.4 is 10.6 Å². The van der Waals surface area contributed by atoms with Crippen molar-refractivity contribution in [3.63, 3.8) is 0 Å². The molecule has 3 rings (SSSR count). The SMILES string of the molecule is Cc1ncn(-c2cc(NCCNC(=O)c3ccncc3F)ncn2)c1C. The molecule has 0 radical (unpaired) electrons. The van der Waals surface area contributed by atoms with Gasteiger partial charge in [0, 0.05) is 31.0 Å². The van der Waals surface area contributed by atoms with Gasteiger partial charge in [0.25, 0.3) is 5.91 Å². The van der Waals surface area contributed by atoms with Gasteiger partial charge in [-0.3, -0.25) is 14.3 Å². The van der Waals surface area contributed by atoms with E-state index in [0.29, 0.717) is 24.7 Å². The molecule has 0 atom stereocenters. The van der Waals surface area contributed by atoms with Crippen LogP contribution in [0, 0.1) is 19.7 Å². The molecule has 0 fully saturated rings. The number of amides is 1. The highest BCUT2D eigenvalue weighted by Crippen LogP contribution is 2.13. The van der Waals surface area contributed by atoms with Gasteiger partial charge < -0.3 is 10.6 Å². The number of hydrogen-bond acceptors (Lipinski definition) is 6. The lowest BCUT2D eigenvalue weighted by atomic mass is 10.2. The molecular weight excluding hydrogens is 337 g/mol. The van der Waals surface area contributed by atoms with Crippen LogP contribution in [0.5, 0.6) is 0 Å². The monoisotopic (exact) mass is 355 g/mol. The largest absolute Gasteiger partial charge is 0.368 e. The number of anilines is 1. The van der Waals surface area contributed by atoms with E-state index in [2.05, 4.69) is 30.6 Å². The molecule has 0 saturated heterocycles. The maximum Gasteiger partial charge on any atom is 0.254 e. The second-order valence-electron chi connectivity index (χ2n) is 5.59. The summed E-state index contributed by atoms with van der Waals surface area (Å²) in [6.45, 7) is 4.63. The standard InChI is InChI=1S/C17H18FN7O/c1-11-12(2)25(10-24-11)16-7-15(22-9-23-16)20-5-6-21-17(26)13-3-4-19-8-14(13)18/h3-4,7-10H,5-6H2,1-2H3,(H,21,26)(H,20,22,23). The van der Waals surface area contributed by atoms with Crippen LogP contribution in [0.2, 0.25) is 0 Å². The summed E-state index contributed by atoms with van der Waals surface area (Å²) < 4.78 is 15.4. The Morgan fingerprint density at radius 2 is 2.08 bits per heavy atom. The summed E-state index contributed by atoms with van der Waals surface area (Å²) in [5.41, 5.74) is 1.90. The van der Waals surface area contributed by atoms with Crippen molar-refractivity contribution in [2.45, 2.75) is 13.8 Å². The number of pyridine rings is 1. The summed E-state index contributed by atoms with van der Waals surface area (Å²) in [4.78, 5) is 28.2. The van der Waals surface area contributed by atoms with Gasteiger partial charge in [0.2, 0.25) is 0 Å². The van der Waals surface area contributed by atoms with Crippen molar-refractivity contribution in [3.8, 4) is 5.82 Å². The topological polar surface area (TPSA) is 97.6 Å². The van der Waals surface area contributed by atoms with Gasteiger partial charge in [-0.05, 0) is 19.9 Å². The van der Waals surface area contributed by atoms with E-state index < -0.39 is 11.7 Å². The zero-order valence-corrected chi connectivity index (χ0v) is 14.4. The fraction of sp³-hybridized carbons (Fsp3) is 0.235. The average molecular weight is 355 g/mol. The van der Waals surface area contributed by atoms with Crippen molar-refractivity contribution >= 4 is 11.7 Å². The van der Waals surface area contributed by atoms with Crippen LogP contribution >= 0.6 is 0 Å². The predicted octanol–water partition coefficient (Wildman–Crippen LogP) is 1.66. The van der Waals surface area contributed by atoms with Gasteiger partial charge >= 0.3 is 0 Å². The number of nitrogens with one attached hydrogen (secondary N) is 2. The van der Waals surface area contributed by atoms with E-state index in [1.165, 1.54) is 18.6 Å². The normalized spacial score (nSPS) is 10.6. The van der Waals surface area contributed by atoms with Crippen LogP contribution in [0.4, 0.5) is 10.2 Å². The number of halogens is 1. The van der Waals surface area contributed by atoms with Crippen LogP contribution in [-0.4, -0.2) is 43.5 Å². The summed E-state index contributed by atoms with van der Waals surface area (Å²) in [7, 11) is 0. The van der Waals surface area contributed by atoms with Crippen LogP contribution in [0.3, 0.4) is 0 Å². The fourth-order valence-electron chi connectivity index (χ4n) is 2.33. The van der Waals surface area contributed by atoms with E-state index in [-0.39, 0.29) is 5.56 Å². The number of carbonyl (C=O) groups is 1. The Morgan fingerprint density at radius 1 is 1.23 bits per heavy atom. The van der Waals surface area contributed by atoms with Crippen LogP contribution in [0.1, 0.15) is 21.7 Å². The number of aromatic nitrogens is 5. The molecule has 0 aliphatic heterocycles. The maximum absolute atomic E-state index is 13.5. The van der Waals surface area contributed by atoms with Crippen LogP contribution in [-0.2, 0) is 0 Å². The highest BCUT2D eigenvalue weighted by molar-refractivity contribution is 5.94. The molecule has 3 aromatic heterocycles. The molecule has 0 aliphatic carbocycles. The lowest BCUT2D eigenvalue weighted by molar-refractivity contribution is 0.0951. The molecule has 3 heterocycles. The lowest BCUT2D eigenvalue weighted by Gasteiger charge is -2.09. The average Bonchev–Trinajstić information content (AvgIpc) is 2.98. The van der Waals surface area contributed by atoms with E-state index in [1.807, 2.05) is 18.4 Å². The minimum Gasteiger partial charge on any atom is -0.368 e. The summed E-state index contributed by atoms with van der Waals surface area (Å²) in [6.07, 6.45) is 5.55. The summed E-state index contributed by atoms with van der Waals surface area (Å²) in [5, 5.41) is 5.74. The summed E-state index contributed by atoms with van der Waals surface area (Å²) >= 11 is 0. The molecule has 1 amide bonds. The summed E-state index contributed by atoms with van der Waals surface area (Å²) in [5.74, 6) is 0.178. The third-order valence-electron chi connectivity index (χ3n) is 3.89. The van der Waals surface area contributed by atoms with Gasteiger partial charge in [0.1, 0.15) is 24.3 Å². The second kappa shape index (κ2) is 7.68. The van der Waals surface area contributed by atoms with Crippen LogP contribution in [0.25, 0.3) is 5.82 Å². The third-order valence-corrected chi connectivity index (χ3v) is 3.89. The molecule has 26 heavy (non-hydrogen) atoms. The first-order valence-electron chi connectivity index (χ1n) is 8.01. The number of hydrogen-bond donors (Lipinski definition) is 2. The van der Waals surface area contributed by atoms with E-state index in [4.69, 9.17) is 0 Å². The van der Waals surface area contributed by atoms with E-state index in [0.717, 1.165) is 17.6 Å². The van der Waals surface area contributed by atoms with Gasteiger partial charge in [-0.15, -0.1) is 0 Å². The fourth-order valence-corrected chi connectivity index (χ4v) is 2.33. The van der Waals surface area contributed by atoms with Crippen molar-refractivity contribution in [1.82, 2.24) is 29.8 Å². The Kier molecular flexibility index (Phi) is 5.16. The van der Waals surface area contributed by atoms with Crippen molar-refractivity contribution in [1.29, 1.82) is 0 Å². The lowest BCUT2D eigenvalue weighted by Crippen LogP contribution is -2.29. The first-order valence-corrected chi connectivity index (χ1v) is 8.01. The molecule has 2 N–H and O–H groups in total. The molecule has 0 aromatic carbocycles. The molecule has 0 bridgehead atoms. The Balaban J connectivity index is 1.56. The molecule has 3 aromatic rings. The molecular formula is C17H18FN7O. The van der Waals surface area contributed by atoms with Crippen molar-refractivity contribution < 1.29 is 9.18 Å². The Morgan fingerprint density at radius 3 is 2.81 bits per heavy atom. The van der Waals surface area contributed by atoms with E-state index in [1.54, 1.807) is 12.4 Å². The molecule has 134 valence electrons. The third kappa shape index (κ3) is 3.82. The van der Waals surface area contributed by atoms with Gasteiger partial charge in [-0.1, -0.05) is 0 Å². The molecule has 0 aliphatic rings. The number of carbonyl (C=O) groups excluding carboxylic acids is 1. The smallest absolute Gasteiger partial charge is 0.254 e. The second-order valence-corrected chi connectivity index (χ2v) is 5.59. The Labute approximate surface area is 149 Å². The number of imidazole rings is 1. The van der Waals surface area contributed by atoms with Gasteiger partial charge in [0.05, 0.1) is 17.5 Å². The first-order chi connectivity index (χ1) is 12.6. The van der Waals surface area contributed by atoms with Crippen molar-refractivity contribution in [2.24, 2.45) is 0 Å². The van der Waals surface area contributed by atoms with Crippen molar-refractivity contribution in [3.05, 3.63) is 59.9 Å². The Bertz CT molecular complexity index is 925.